The van der Waals surface area contributed by atoms with E-state index in [9.17, 15) is 0 Å². The van der Waals surface area contributed by atoms with Gasteiger partial charge in [0.2, 0.25) is 0 Å². The summed E-state index contributed by atoms with van der Waals surface area (Å²) in [4.78, 5) is 4.98. The normalized spacial score (nSPS) is 27.9. The van der Waals surface area contributed by atoms with Crippen LogP contribution in [0.5, 0.6) is 0 Å². The maximum atomic E-state index is 8.99. The predicted molar refractivity (Wildman–Crippen MR) is 59.4 cm³/mol. The van der Waals surface area contributed by atoms with E-state index in [-0.39, 0.29) is 0 Å². The Hall–Kier alpha value is -0.120. The molecule has 0 aliphatic carbocycles. The second-order valence-electron chi connectivity index (χ2n) is 4.52. The van der Waals surface area contributed by atoms with Gasteiger partial charge in [-0.05, 0) is 19.4 Å². The van der Waals surface area contributed by atoms with Crippen LogP contribution < -0.4 is 0 Å². The Balaban J connectivity index is 2.31. The van der Waals surface area contributed by atoms with Gasteiger partial charge < -0.3 is 10.0 Å². The summed E-state index contributed by atoms with van der Waals surface area (Å²) in [5.41, 5.74) is 0. The fourth-order valence-electron chi connectivity index (χ4n) is 2.20. The maximum Gasteiger partial charge on any atom is 0.0468 e. The van der Waals surface area contributed by atoms with Gasteiger partial charge in [0.15, 0.2) is 0 Å². The van der Waals surface area contributed by atoms with Crippen molar-refractivity contribution in [1.82, 2.24) is 9.80 Å². The van der Waals surface area contributed by atoms with Gasteiger partial charge in [-0.3, -0.25) is 4.90 Å². The highest BCUT2D eigenvalue weighted by Crippen LogP contribution is 2.10. The molecule has 1 fully saturated rings. The van der Waals surface area contributed by atoms with E-state index in [1.807, 2.05) is 0 Å². The zero-order valence-electron chi connectivity index (χ0n) is 9.74. The van der Waals surface area contributed by atoms with Gasteiger partial charge in [-0.25, -0.2) is 0 Å². The highest BCUT2D eigenvalue weighted by molar-refractivity contribution is 4.78. The molecule has 0 radical (unpaired) electrons. The van der Waals surface area contributed by atoms with Crippen molar-refractivity contribution in [3.8, 4) is 0 Å². The van der Waals surface area contributed by atoms with Gasteiger partial charge in [0.1, 0.15) is 0 Å². The van der Waals surface area contributed by atoms with Crippen molar-refractivity contribution in [2.24, 2.45) is 5.92 Å². The van der Waals surface area contributed by atoms with Crippen LogP contribution in [0.15, 0.2) is 0 Å². The van der Waals surface area contributed by atoms with E-state index in [1.165, 1.54) is 6.54 Å². The summed E-state index contributed by atoms with van der Waals surface area (Å²) in [6, 6.07) is 0.666. The monoisotopic (exact) mass is 200 g/mol. The molecule has 0 aromatic carbocycles. The Morgan fingerprint density at radius 3 is 2.64 bits per heavy atom. The number of likely N-dealkylation sites (N-methyl/N-ethyl adjacent to an activating group) is 1. The Labute approximate surface area is 87.7 Å². The van der Waals surface area contributed by atoms with E-state index in [4.69, 9.17) is 5.11 Å². The molecule has 14 heavy (non-hydrogen) atoms. The van der Waals surface area contributed by atoms with Gasteiger partial charge in [-0.15, -0.1) is 0 Å². The summed E-state index contributed by atoms with van der Waals surface area (Å²) in [6.45, 7) is 12.6. The number of rotatable bonds is 4. The van der Waals surface area contributed by atoms with Gasteiger partial charge in [0.05, 0.1) is 0 Å². The topological polar surface area (TPSA) is 26.7 Å². The lowest BCUT2D eigenvalue weighted by molar-refractivity contribution is 0.0702. The van der Waals surface area contributed by atoms with Crippen LogP contribution in [0.25, 0.3) is 0 Å². The van der Waals surface area contributed by atoms with Crippen molar-refractivity contribution in [3.05, 3.63) is 0 Å². The first-order valence-electron chi connectivity index (χ1n) is 5.74. The zero-order valence-corrected chi connectivity index (χ0v) is 9.74. The summed E-state index contributed by atoms with van der Waals surface area (Å²) in [6.07, 6.45) is 0. The first kappa shape index (κ1) is 12.0. The van der Waals surface area contributed by atoms with E-state index >= 15 is 0 Å². The largest absolute Gasteiger partial charge is 0.396 e. The van der Waals surface area contributed by atoms with E-state index in [0.717, 1.165) is 26.2 Å². The molecule has 1 heterocycles. The average molecular weight is 200 g/mol. The van der Waals surface area contributed by atoms with Crippen LogP contribution >= 0.6 is 0 Å². The summed E-state index contributed by atoms with van der Waals surface area (Å²) in [5.74, 6) is 0.412. The molecule has 1 rings (SSSR count). The molecule has 1 N–H and O–H groups in total. The molecule has 84 valence electrons. The van der Waals surface area contributed by atoms with Crippen LogP contribution in [0, 0.1) is 5.92 Å². The van der Waals surface area contributed by atoms with Crippen LogP contribution in [-0.2, 0) is 0 Å². The summed E-state index contributed by atoms with van der Waals surface area (Å²) >= 11 is 0. The Morgan fingerprint density at radius 2 is 2.14 bits per heavy atom. The molecule has 3 heteroatoms. The lowest BCUT2D eigenvalue weighted by atomic mass is 10.1. The fourth-order valence-corrected chi connectivity index (χ4v) is 2.20. The Morgan fingerprint density at radius 1 is 1.43 bits per heavy atom. The summed E-state index contributed by atoms with van der Waals surface area (Å²) < 4.78 is 0. The highest BCUT2D eigenvalue weighted by Gasteiger charge is 2.22. The first-order chi connectivity index (χ1) is 6.67. The Bertz CT molecular complexity index is 163. The molecular weight excluding hydrogens is 176 g/mol. The molecule has 0 saturated carbocycles. The summed E-state index contributed by atoms with van der Waals surface area (Å²) in [7, 11) is 0. The van der Waals surface area contributed by atoms with Crippen molar-refractivity contribution in [2.45, 2.75) is 26.8 Å². The lowest BCUT2D eigenvalue weighted by Gasteiger charge is -2.40. The SMILES string of the molecule is CCN1CCN(CC(C)CO)CC1C. The van der Waals surface area contributed by atoms with Gasteiger partial charge in [-0.1, -0.05) is 13.8 Å². The third-order valence-corrected chi connectivity index (χ3v) is 3.14. The van der Waals surface area contributed by atoms with Crippen molar-refractivity contribution in [2.75, 3.05) is 39.3 Å². The highest BCUT2D eigenvalue weighted by atomic mass is 16.3. The lowest BCUT2D eigenvalue weighted by Crippen LogP contribution is -2.52. The van der Waals surface area contributed by atoms with E-state index < -0.39 is 0 Å². The molecule has 0 bridgehead atoms. The van der Waals surface area contributed by atoms with Crippen LogP contribution in [0.4, 0.5) is 0 Å². The third-order valence-electron chi connectivity index (χ3n) is 3.14. The maximum absolute atomic E-state index is 8.99. The smallest absolute Gasteiger partial charge is 0.0468 e. The van der Waals surface area contributed by atoms with Gasteiger partial charge in [-0.2, -0.15) is 0 Å². The standard InChI is InChI=1S/C11H24N2O/c1-4-13-6-5-12(8-11(13)3)7-10(2)9-14/h10-11,14H,4-9H2,1-3H3. The molecule has 0 spiro atoms. The molecule has 1 aliphatic heterocycles. The number of aliphatic hydroxyl groups is 1. The van der Waals surface area contributed by atoms with Crippen LogP contribution in [0.3, 0.4) is 0 Å². The minimum atomic E-state index is 0.308. The molecule has 2 unspecified atom stereocenters. The van der Waals surface area contributed by atoms with E-state index in [1.54, 1.807) is 0 Å². The molecule has 2 atom stereocenters. The number of hydrogen-bond donors (Lipinski definition) is 1. The first-order valence-corrected chi connectivity index (χ1v) is 5.74. The molecular formula is C11H24N2O. The fraction of sp³-hybridized carbons (Fsp3) is 1.00. The van der Waals surface area contributed by atoms with Gasteiger partial charge >= 0.3 is 0 Å². The quantitative estimate of drug-likeness (QED) is 0.721. The average Bonchev–Trinajstić information content (AvgIpc) is 2.18. The minimum Gasteiger partial charge on any atom is -0.396 e. The van der Waals surface area contributed by atoms with E-state index in [2.05, 4.69) is 30.6 Å². The predicted octanol–water partition coefficient (Wildman–Crippen LogP) is 0.641. The van der Waals surface area contributed by atoms with Gasteiger partial charge in [0.25, 0.3) is 0 Å². The van der Waals surface area contributed by atoms with E-state index in [0.29, 0.717) is 18.6 Å². The second-order valence-corrected chi connectivity index (χ2v) is 4.52. The minimum absolute atomic E-state index is 0.308. The zero-order chi connectivity index (χ0) is 10.6. The van der Waals surface area contributed by atoms with Crippen LogP contribution in [0.1, 0.15) is 20.8 Å². The number of aliphatic hydroxyl groups excluding tert-OH is 1. The molecule has 1 aliphatic rings. The van der Waals surface area contributed by atoms with Crippen molar-refractivity contribution >= 4 is 0 Å². The van der Waals surface area contributed by atoms with Gasteiger partial charge in [0, 0.05) is 38.8 Å². The van der Waals surface area contributed by atoms with Crippen molar-refractivity contribution in [3.63, 3.8) is 0 Å². The molecule has 3 nitrogen and oxygen atoms in total. The number of nitrogens with zero attached hydrogens (tertiary/aromatic N) is 2. The van der Waals surface area contributed by atoms with Crippen LogP contribution in [-0.4, -0.2) is 60.3 Å². The summed E-state index contributed by atoms with van der Waals surface area (Å²) in [5, 5.41) is 8.99. The second kappa shape index (κ2) is 5.69. The number of hydrogen-bond acceptors (Lipinski definition) is 3. The molecule has 1 saturated heterocycles. The van der Waals surface area contributed by atoms with Crippen LogP contribution in [0.2, 0.25) is 0 Å². The third kappa shape index (κ3) is 3.23. The molecule has 0 aromatic rings. The Kier molecular flexibility index (Phi) is 4.85. The molecule has 0 aromatic heterocycles. The van der Waals surface area contributed by atoms with Crippen molar-refractivity contribution < 1.29 is 5.11 Å². The number of piperazine rings is 1. The van der Waals surface area contributed by atoms with Crippen molar-refractivity contribution in [1.29, 1.82) is 0 Å². The molecule has 0 amide bonds.